The van der Waals surface area contributed by atoms with E-state index in [0.29, 0.717) is 5.92 Å². The van der Waals surface area contributed by atoms with Crippen LogP contribution in [-0.4, -0.2) is 44.7 Å². The van der Waals surface area contributed by atoms with E-state index in [9.17, 15) is 0 Å². The van der Waals surface area contributed by atoms with Gasteiger partial charge in [-0.1, -0.05) is 12.1 Å². The average Bonchev–Trinajstić information content (AvgIpc) is 2.97. The predicted molar refractivity (Wildman–Crippen MR) is 76.3 cm³/mol. The van der Waals surface area contributed by atoms with Gasteiger partial charge in [0.2, 0.25) is 0 Å². The minimum atomic E-state index is 0.716. The molecule has 0 aliphatic carbocycles. The van der Waals surface area contributed by atoms with E-state index in [1.165, 1.54) is 49.3 Å². The molecule has 1 saturated heterocycles. The molecule has 1 aromatic rings. The van der Waals surface area contributed by atoms with Gasteiger partial charge in [-0.15, -0.1) is 0 Å². The fourth-order valence-corrected chi connectivity index (χ4v) is 3.33. The zero-order valence-corrected chi connectivity index (χ0v) is 11.2. The molecule has 0 aromatic heterocycles. The Morgan fingerprint density at radius 3 is 3.06 bits per heavy atom. The van der Waals surface area contributed by atoms with Gasteiger partial charge < -0.3 is 15.5 Å². The van der Waals surface area contributed by atoms with Gasteiger partial charge in [-0.05, 0) is 42.5 Å². The van der Waals surface area contributed by atoms with Crippen molar-refractivity contribution in [2.24, 2.45) is 5.73 Å². The zero-order chi connectivity index (χ0) is 12.5. The first kappa shape index (κ1) is 12.0. The highest BCUT2D eigenvalue weighted by Gasteiger charge is 2.25. The number of fused-ring (bicyclic) bond motifs is 1. The number of hydrogen-bond donors (Lipinski definition) is 1. The molecule has 1 fully saturated rings. The minimum absolute atomic E-state index is 0.716. The summed E-state index contributed by atoms with van der Waals surface area (Å²) >= 11 is 0. The van der Waals surface area contributed by atoms with Gasteiger partial charge in [0.15, 0.2) is 0 Å². The first-order valence-corrected chi connectivity index (χ1v) is 7.04. The van der Waals surface area contributed by atoms with Crippen LogP contribution >= 0.6 is 0 Å². The van der Waals surface area contributed by atoms with Gasteiger partial charge in [-0.3, -0.25) is 0 Å². The van der Waals surface area contributed by atoms with Gasteiger partial charge in [0, 0.05) is 38.9 Å². The topological polar surface area (TPSA) is 32.5 Å². The van der Waals surface area contributed by atoms with Crippen LogP contribution in [0.5, 0.6) is 0 Å². The Morgan fingerprint density at radius 2 is 2.22 bits per heavy atom. The lowest BCUT2D eigenvalue weighted by molar-refractivity contribution is 0.344. The summed E-state index contributed by atoms with van der Waals surface area (Å²) in [7, 11) is 2.18. The molecule has 98 valence electrons. The molecule has 3 rings (SSSR count). The van der Waals surface area contributed by atoms with Crippen molar-refractivity contribution in [2.45, 2.75) is 18.8 Å². The van der Waals surface area contributed by atoms with Crippen molar-refractivity contribution in [1.82, 2.24) is 4.90 Å². The van der Waals surface area contributed by atoms with Crippen molar-refractivity contribution in [3.63, 3.8) is 0 Å². The summed E-state index contributed by atoms with van der Waals surface area (Å²) in [6.45, 7) is 5.39. The van der Waals surface area contributed by atoms with Gasteiger partial charge >= 0.3 is 0 Å². The van der Waals surface area contributed by atoms with E-state index in [4.69, 9.17) is 5.73 Å². The van der Waals surface area contributed by atoms with Crippen LogP contribution in [0.3, 0.4) is 0 Å². The quantitative estimate of drug-likeness (QED) is 0.874. The molecule has 0 radical (unpaired) electrons. The van der Waals surface area contributed by atoms with Gasteiger partial charge in [-0.25, -0.2) is 0 Å². The van der Waals surface area contributed by atoms with E-state index in [-0.39, 0.29) is 0 Å². The van der Waals surface area contributed by atoms with Crippen molar-refractivity contribution < 1.29 is 0 Å². The number of benzene rings is 1. The molecule has 1 atom stereocenters. The predicted octanol–water partition coefficient (Wildman–Crippen LogP) is 1.43. The lowest BCUT2D eigenvalue weighted by Crippen LogP contribution is -2.26. The Hall–Kier alpha value is -1.06. The second-order valence-corrected chi connectivity index (χ2v) is 5.63. The monoisotopic (exact) mass is 245 g/mol. The molecule has 0 saturated carbocycles. The summed E-state index contributed by atoms with van der Waals surface area (Å²) in [5.74, 6) is 0.716. The van der Waals surface area contributed by atoms with Crippen LogP contribution in [0.15, 0.2) is 18.2 Å². The second kappa shape index (κ2) is 4.90. The van der Waals surface area contributed by atoms with Crippen LogP contribution < -0.4 is 10.6 Å². The highest BCUT2D eigenvalue weighted by Crippen LogP contribution is 2.33. The van der Waals surface area contributed by atoms with Gasteiger partial charge in [0.05, 0.1) is 0 Å². The standard InChI is InChI=1S/C15H23N3/c1-17-7-4-13-10-12(2-3-15(13)17)14-5-8-18(11-14)9-6-16/h2-3,10,14H,4-9,11,16H2,1H3. The molecule has 0 spiro atoms. The molecule has 2 heterocycles. The van der Waals surface area contributed by atoms with E-state index in [1.54, 1.807) is 0 Å². The maximum atomic E-state index is 5.63. The summed E-state index contributed by atoms with van der Waals surface area (Å²) in [5, 5.41) is 0. The highest BCUT2D eigenvalue weighted by atomic mass is 15.1. The van der Waals surface area contributed by atoms with Crippen LogP contribution in [0.1, 0.15) is 23.5 Å². The average molecular weight is 245 g/mol. The number of hydrogen-bond acceptors (Lipinski definition) is 3. The second-order valence-electron chi connectivity index (χ2n) is 5.63. The molecule has 1 aromatic carbocycles. The van der Waals surface area contributed by atoms with Crippen LogP contribution in [0.2, 0.25) is 0 Å². The number of anilines is 1. The molecule has 2 aliphatic rings. The van der Waals surface area contributed by atoms with Crippen LogP contribution in [-0.2, 0) is 6.42 Å². The Morgan fingerprint density at radius 1 is 1.33 bits per heavy atom. The summed E-state index contributed by atoms with van der Waals surface area (Å²) in [6, 6.07) is 7.08. The summed E-state index contributed by atoms with van der Waals surface area (Å²) in [6.07, 6.45) is 2.49. The van der Waals surface area contributed by atoms with Crippen LogP contribution in [0.25, 0.3) is 0 Å². The Kier molecular flexibility index (Phi) is 3.27. The van der Waals surface area contributed by atoms with Crippen molar-refractivity contribution in [3.05, 3.63) is 29.3 Å². The third kappa shape index (κ3) is 2.13. The number of nitrogens with two attached hydrogens (primary N) is 1. The molecular weight excluding hydrogens is 222 g/mol. The third-order valence-corrected chi connectivity index (χ3v) is 4.42. The van der Waals surface area contributed by atoms with Crippen LogP contribution in [0.4, 0.5) is 5.69 Å². The Balaban J connectivity index is 1.74. The van der Waals surface area contributed by atoms with Crippen molar-refractivity contribution in [2.75, 3.05) is 44.7 Å². The molecule has 0 amide bonds. The van der Waals surface area contributed by atoms with Crippen LogP contribution in [0, 0.1) is 0 Å². The fraction of sp³-hybridized carbons (Fsp3) is 0.600. The minimum Gasteiger partial charge on any atom is -0.374 e. The molecule has 3 nitrogen and oxygen atoms in total. The molecule has 2 aliphatic heterocycles. The van der Waals surface area contributed by atoms with Gasteiger partial charge in [-0.2, -0.15) is 0 Å². The molecule has 2 N–H and O–H groups in total. The van der Waals surface area contributed by atoms with E-state index in [1.807, 2.05) is 0 Å². The van der Waals surface area contributed by atoms with E-state index in [0.717, 1.165) is 13.1 Å². The molecule has 18 heavy (non-hydrogen) atoms. The van der Waals surface area contributed by atoms with E-state index < -0.39 is 0 Å². The summed E-state index contributed by atoms with van der Waals surface area (Å²) in [5.41, 5.74) is 10.1. The lowest BCUT2D eigenvalue weighted by atomic mass is 9.96. The normalized spacial score (nSPS) is 23.7. The van der Waals surface area contributed by atoms with E-state index in [2.05, 4.69) is 35.0 Å². The Labute approximate surface area is 110 Å². The SMILES string of the molecule is CN1CCc2cc(C3CCN(CCN)C3)ccc21. The Bertz CT molecular complexity index is 430. The van der Waals surface area contributed by atoms with Crippen molar-refractivity contribution >= 4 is 5.69 Å². The number of rotatable bonds is 3. The number of likely N-dealkylation sites (tertiary alicyclic amines) is 1. The largest absolute Gasteiger partial charge is 0.374 e. The fourth-order valence-electron chi connectivity index (χ4n) is 3.33. The van der Waals surface area contributed by atoms with Gasteiger partial charge in [0.1, 0.15) is 0 Å². The summed E-state index contributed by atoms with van der Waals surface area (Å²) in [4.78, 5) is 4.85. The molecule has 3 heteroatoms. The lowest BCUT2D eigenvalue weighted by Gasteiger charge is -2.16. The zero-order valence-electron chi connectivity index (χ0n) is 11.2. The maximum Gasteiger partial charge on any atom is 0.0397 e. The summed E-state index contributed by atoms with van der Waals surface area (Å²) < 4.78 is 0. The number of likely N-dealkylation sites (N-methyl/N-ethyl adjacent to an activating group) is 1. The number of nitrogens with zero attached hydrogens (tertiary/aromatic N) is 2. The maximum absolute atomic E-state index is 5.63. The van der Waals surface area contributed by atoms with E-state index >= 15 is 0 Å². The van der Waals surface area contributed by atoms with Crippen molar-refractivity contribution in [1.29, 1.82) is 0 Å². The third-order valence-electron chi connectivity index (χ3n) is 4.42. The molecule has 1 unspecified atom stereocenters. The van der Waals surface area contributed by atoms with Crippen molar-refractivity contribution in [3.8, 4) is 0 Å². The molecular formula is C15H23N3. The first-order chi connectivity index (χ1) is 8.78. The smallest absolute Gasteiger partial charge is 0.0397 e. The van der Waals surface area contributed by atoms with Gasteiger partial charge in [0.25, 0.3) is 0 Å². The molecule has 0 bridgehead atoms. The highest BCUT2D eigenvalue weighted by molar-refractivity contribution is 5.58. The first-order valence-electron chi connectivity index (χ1n) is 7.04.